The van der Waals surface area contributed by atoms with Crippen molar-refractivity contribution in [3.63, 3.8) is 0 Å². The van der Waals surface area contributed by atoms with Crippen molar-refractivity contribution in [2.45, 2.75) is 13.8 Å². The zero-order chi connectivity index (χ0) is 10.6. The molecular weight excluding hydrogens is 182 g/mol. The summed E-state index contributed by atoms with van der Waals surface area (Å²) in [6.07, 6.45) is 0. The lowest BCUT2D eigenvalue weighted by Gasteiger charge is -1.80. The Morgan fingerprint density at radius 2 is 2.00 bits per heavy atom. The molecule has 14 heavy (non-hydrogen) atoms. The molecule has 1 N–H and O–H groups in total. The highest BCUT2D eigenvalue weighted by atomic mass is 16.4. The van der Waals surface area contributed by atoms with Gasteiger partial charge in [0.1, 0.15) is 5.52 Å². The summed E-state index contributed by atoms with van der Waals surface area (Å²) >= 11 is 0. The van der Waals surface area contributed by atoms with Crippen LogP contribution in [0.5, 0.6) is 0 Å². The zero-order valence-electron chi connectivity index (χ0n) is 8.02. The monoisotopic (exact) mass is 193 g/mol. The van der Waals surface area contributed by atoms with Crippen LogP contribution in [0.1, 0.15) is 24.5 Å². The molecule has 0 saturated carbocycles. The quantitative estimate of drug-likeness (QED) is 0.755. The SMILES string of the molecule is CC.O=C(O)c1nc2ccccc2o1. The summed E-state index contributed by atoms with van der Waals surface area (Å²) in [5.74, 6) is -1.41. The molecule has 0 aliphatic heterocycles. The van der Waals surface area contributed by atoms with Gasteiger partial charge in [-0.25, -0.2) is 9.78 Å². The van der Waals surface area contributed by atoms with E-state index in [1.54, 1.807) is 24.3 Å². The van der Waals surface area contributed by atoms with E-state index in [1.807, 2.05) is 13.8 Å². The lowest BCUT2D eigenvalue weighted by atomic mass is 10.3. The Morgan fingerprint density at radius 1 is 1.36 bits per heavy atom. The van der Waals surface area contributed by atoms with Crippen LogP contribution in [0.15, 0.2) is 28.7 Å². The number of aromatic nitrogens is 1. The van der Waals surface area contributed by atoms with Gasteiger partial charge in [0.2, 0.25) is 0 Å². The van der Waals surface area contributed by atoms with Crippen LogP contribution in [0.2, 0.25) is 0 Å². The van der Waals surface area contributed by atoms with Crippen LogP contribution < -0.4 is 0 Å². The summed E-state index contributed by atoms with van der Waals surface area (Å²) in [6.45, 7) is 4.00. The van der Waals surface area contributed by atoms with Gasteiger partial charge in [0.05, 0.1) is 0 Å². The number of fused-ring (bicyclic) bond motifs is 1. The van der Waals surface area contributed by atoms with Crippen molar-refractivity contribution >= 4 is 17.1 Å². The Labute approximate surface area is 81.2 Å². The highest BCUT2D eigenvalue weighted by Gasteiger charge is 2.10. The molecule has 0 bridgehead atoms. The maximum Gasteiger partial charge on any atom is 0.392 e. The lowest BCUT2D eigenvalue weighted by molar-refractivity contribution is 0.0656. The second-order valence-electron chi connectivity index (χ2n) is 2.29. The first-order chi connectivity index (χ1) is 6.77. The standard InChI is InChI=1S/C8H5NO3.C2H6/c10-8(11)7-9-5-3-1-2-4-6(5)12-7;1-2/h1-4H,(H,10,11);1-2H3. The van der Waals surface area contributed by atoms with E-state index >= 15 is 0 Å². The fourth-order valence-corrected chi connectivity index (χ4v) is 0.964. The van der Waals surface area contributed by atoms with Crippen LogP contribution in [-0.2, 0) is 0 Å². The average Bonchev–Trinajstić information content (AvgIpc) is 2.64. The first kappa shape index (κ1) is 10.2. The molecule has 1 heterocycles. The summed E-state index contributed by atoms with van der Waals surface area (Å²) < 4.78 is 4.92. The summed E-state index contributed by atoms with van der Waals surface area (Å²) in [7, 11) is 0. The largest absolute Gasteiger partial charge is 0.474 e. The topological polar surface area (TPSA) is 63.3 Å². The lowest BCUT2D eigenvalue weighted by Crippen LogP contribution is -1.94. The van der Waals surface area contributed by atoms with Crippen LogP contribution in [0.25, 0.3) is 11.1 Å². The third-order valence-corrected chi connectivity index (χ3v) is 1.48. The number of carboxylic acid groups (broad SMARTS) is 1. The fraction of sp³-hybridized carbons (Fsp3) is 0.200. The molecular formula is C10H11NO3. The number of benzene rings is 1. The molecule has 0 amide bonds. The molecule has 0 fully saturated rings. The Bertz CT molecular complexity index is 401. The van der Waals surface area contributed by atoms with Crippen LogP contribution in [0.4, 0.5) is 0 Å². The van der Waals surface area contributed by atoms with Crippen molar-refractivity contribution in [3.05, 3.63) is 30.2 Å². The first-order valence-electron chi connectivity index (χ1n) is 4.36. The van der Waals surface area contributed by atoms with Gasteiger partial charge in [-0.15, -0.1) is 0 Å². The van der Waals surface area contributed by atoms with E-state index < -0.39 is 5.97 Å². The zero-order valence-corrected chi connectivity index (χ0v) is 8.02. The predicted molar refractivity (Wildman–Crippen MR) is 52.3 cm³/mol. The first-order valence-corrected chi connectivity index (χ1v) is 4.36. The highest BCUT2D eigenvalue weighted by Crippen LogP contribution is 2.13. The third kappa shape index (κ3) is 1.90. The van der Waals surface area contributed by atoms with E-state index in [4.69, 9.17) is 9.52 Å². The van der Waals surface area contributed by atoms with E-state index in [2.05, 4.69) is 4.98 Å². The Kier molecular flexibility index (Phi) is 3.23. The van der Waals surface area contributed by atoms with Gasteiger partial charge in [0.25, 0.3) is 0 Å². The summed E-state index contributed by atoms with van der Waals surface area (Å²) in [4.78, 5) is 14.2. The number of carbonyl (C=O) groups is 1. The van der Waals surface area contributed by atoms with E-state index in [0.29, 0.717) is 11.1 Å². The minimum absolute atomic E-state index is 0.267. The van der Waals surface area contributed by atoms with Gasteiger partial charge in [-0.3, -0.25) is 0 Å². The predicted octanol–water partition coefficient (Wildman–Crippen LogP) is 2.55. The van der Waals surface area contributed by atoms with Gasteiger partial charge in [0.15, 0.2) is 5.58 Å². The van der Waals surface area contributed by atoms with Gasteiger partial charge in [-0.05, 0) is 12.1 Å². The molecule has 0 saturated heterocycles. The van der Waals surface area contributed by atoms with E-state index in [-0.39, 0.29) is 5.89 Å². The maximum absolute atomic E-state index is 10.4. The number of oxazole rings is 1. The van der Waals surface area contributed by atoms with Gasteiger partial charge in [-0.1, -0.05) is 26.0 Å². The summed E-state index contributed by atoms with van der Waals surface area (Å²) in [5.41, 5.74) is 1.06. The molecule has 0 aliphatic carbocycles. The van der Waals surface area contributed by atoms with Gasteiger partial charge in [0, 0.05) is 0 Å². The van der Waals surface area contributed by atoms with Crippen molar-refractivity contribution in [2.75, 3.05) is 0 Å². The number of hydrogen-bond acceptors (Lipinski definition) is 3. The molecule has 4 heteroatoms. The van der Waals surface area contributed by atoms with Crippen molar-refractivity contribution in [1.29, 1.82) is 0 Å². The molecule has 74 valence electrons. The smallest absolute Gasteiger partial charge is 0.392 e. The fourth-order valence-electron chi connectivity index (χ4n) is 0.964. The van der Waals surface area contributed by atoms with E-state index in [1.165, 1.54) is 0 Å². The van der Waals surface area contributed by atoms with Crippen LogP contribution in [0.3, 0.4) is 0 Å². The second-order valence-corrected chi connectivity index (χ2v) is 2.29. The molecule has 0 spiro atoms. The Balaban J connectivity index is 0.000000461. The molecule has 0 radical (unpaired) electrons. The van der Waals surface area contributed by atoms with Gasteiger partial charge in [-0.2, -0.15) is 0 Å². The third-order valence-electron chi connectivity index (χ3n) is 1.48. The molecule has 2 rings (SSSR count). The van der Waals surface area contributed by atoms with Crippen LogP contribution >= 0.6 is 0 Å². The van der Waals surface area contributed by atoms with E-state index in [9.17, 15) is 4.79 Å². The molecule has 0 atom stereocenters. The summed E-state index contributed by atoms with van der Waals surface area (Å²) in [6, 6.07) is 6.91. The highest BCUT2D eigenvalue weighted by molar-refractivity contribution is 5.86. The van der Waals surface area contributed by atoms with Crippen LogP contribution in [-0.4, -0.2) is 16.1 Å². The molecule has 0 aliphatic rings. The molecule has 2 aromatic rings. The van der Waals surface area contributed by atoms with Crippen molar-refractivity contribution < 1.29 is 14.3 Å². The van der Waals surface area contributed by atoms with E-state index in [0.717, 1.165) is 0 Å². The number of hydrogen-bond donors (Lipinski definition) is 1. The normalized spacial score (nSPS) is 9.29. The minimum atomic E-state index is -1.15. The number of aromatic carboxylic acids is 1. The van der Waals surface area contributed by atoms with Gasteiger partial charge < -0.3 is 9.52 Å². The minimum Gasteiger partial charge on any atom is -0.474 e. The number of carboxylic acids is 1. The van der Waals surface area contributed by atoms with Gasteiger partial charge >= 0.3 is 11.9 Å². The second kappa shape index (κ2) is 4.41. The number of para-hydroxylation sites is 2. The van der Waals surface area contributed by atoms with Crippen molar-refractivity contribution in [3.8, 4) is 0 Å². The summed E-state index contributed by atoms with van der Waals surface area (Å²) in [5, 5.41) is 8.53. The van der Waals surface area contributed by atoms with Crippen LogP contribution in [0, 0.1) is 0 Å². The Hall–Kier alpha value is -1.84. The van der Waals surface area contributed by atoms with Crippen molar-refractivity contribution in [1.82, 2.24) is 4.98 Å². The molecule has 4 nitrogen and oxygen atoms in total. The van der Waals surface area contributed by atoms with Crippen molar-refractivity contribution in [2.24, 2.45) is 0 Å². The average molecular weight is 193 g/mol. The number of nitrogens with zero attached hydrogens (tertiary/aromatic N) is 1. The molecule has 0 unspecified atom stereocenters. The molecule has 1 aromatic carbocycles. The molecule has 1 aromatic heterocycles. The number of rotatable bonds is 1. The maximum atomic E-state index is 10.4. The Morgan fingerprint density at radius 3 is 2.57 bits per heavy atom.